The van der Waals surface area contributed by atoms with E-state index in [1.54, 1.807) is 18.5 Å². The lowest BCUT2D eigenvalue weighted by atomic mass is 10.2. The maximum absolute atomic E-state index is 12.2. The Bertz CT molecular complexity index is 1130. The molecule has 10 heteroatoms. The summed E-state index contributed by atoms with van der Waals surface area (Å²) in [7, 11) is 0. The zero-order valence-electron chi connectivity index (χ0n) is 15.6. The van der Waals surface area contributed by atoms with Gasteiger partial charge in [-0.15, -0.1) is 10.2 Å². The zero-order valence-corrected chi connectivity index (χ0v) is 16.4. The second-order valence-electron chi connectivity index (χ2n) is 5.99. The Hall–Kier alpha value is -3.92. The van der Waals surface area contributed by atoms with Gasteiger partial charge in [0.15, 0.2) is 16.7 Å². The number of thioether (sulfide) groups is 1. The normalized spacial score (nSPS) is 10.5. The number of nitrogens with zero attached hydrogens (tertiary/aromatic N) is 4. The molecule has 30 heavy (non-hydrogen) atoms. The molecular formula is C20H16N6O3S. The van der Waals surface area contributed by atoms with Gasteiger partial charge in [0.25, 0.3) is 0 Å². The molecule has 1 aromatic carbocycles. The van der Waals surface area contributed by atoms with Crippen LogP contribution >= 0.6 is 11.8 Å². The average molecular weight is 420 g/mol. The molecule has 9 nitrogen and oxygen atoms in total. The van der Waals surface area contributed by atoms with Gasteiger partial charge in [0.05, 0.1) is 12.0 Å². The van der Waals surface area contributed by atoms with Crippen molar-refractivity contribution in [3.05, 3.63) is 79.0 Å². The highest BCUT2D eigenvalue weighted by molar-refractivity contribution is 7.99. The van der Waals surface area contributed by atoms with Crippen LogP contribution in [0.2, 0.25) is 0 Å². The highest BCUT2D eigenvalue weighted by Crippen LogP contribution is 2.27. The smallest absolute Gasteiger partial charge is 0.305 e. The molecule has 0 spiro atoms. The molecule has 2 N–H and O–H groups in total. The Balaban J connectivity index is 1.48. The molecule has 0 saturated carbocycles. The molecule has 0 aliphatic heterocycles. The predicted octanol–water partition coefficient (Wildman–Crippen LogP) is 2.48. The van der Waals surface area contributed by atoms with Crippen LogP contribution in [0.3, 0.4) is 0 Å². The fraction of sp³-hybridized carbons (Fsp3) is 0.0500. The Labute approximate surface area is 175 Å². The minimum atomic E-state index is -0.537. The summed E-state index contributed by atoms with van der Waals surface area (Å²) in [6.45, 7) is 0. The summed E-state index contributed by atoms with van der Waals surface area (Å²) >= 11 is 1.20. The van der Waals surface area contributed by atoms with Gasteiger partial charge in [0, 0.05) is 23.6 Å². The van der Waals surface area contributed by atoms with Crippen LogP contribution in [0.1, 0.15) is 10.6 Å². The molecule has 3 heterocycles. The fourth-order valence-electron chi connectivity index (χ4n) is 2.62. The minimum Gasteiger partial charge on any atom is -0.459 e. The standard InChI is InChI=1S/C20H16N6O3S/c27-17(22-24-19(28)16-9-5-11-29-16)13-30-20-25-23-18(14-6-4-10-21-12-14)26(20)15-7-2-1-3-8-15/h1-12H,13H2,(H,22,27)(H,24,28). The van der Waals surface area contributed by atoms with Crippen LogP contribution in [-0.2, 0) is 4.79 Å². The summed E-state index contributed by atoms with van der Waals surface area (Å²) in [4.78, 5) is 28.1. The Morgan fingerprint density at radius 1 is 1.00 bits per heavy atom. The van der Waals surface area contributed by atoms with E-state index in [0.29, 0.717) is 11.0 Å². The molecule has 0 unspecified atom stereocenters. The third-order valence-corrected chi connectivity index (χ3v) is 4.89. The minimum absolute atomic E-state index is 0.0242. The molecule has 0 aliphatic rings. The van der Waals surface area contributed by atoms with Crippen LogP contribution in [0, 0.1) is 0 Å². The molecule has 4 aromatic rings. The summed E-state index contributed by atoms with van der Waals surface area (Å²) < 4.78 is 6.83. The van der Waals surface area contributed by atoms with Crippen LogP contribution in [0.25, 0.3) is 17.1 Å². The Morgan fingerprint density at radius 2 is 1.87 bits per heavy atom. The van der Waals surface area contributed by atoms with Crippen molar-refractivity contribution in [3.8, 4) is 17.1 Å². The van der Waals surface area contributed by atoms with E-state index in [9.17, 15) is 9.59 Å². The van der Waals surface area contributed by atoms with E-state index in [-0.39, 0.29) is 11.5 Å². The number of aromatic nitrogens is 4. The quantitative estimate of drug-likeness (QED) is 0.364. The molecular weight excluding hydrogens is 404 g/mol. The lowest BCUT2D eigenvalue weighted by molar-refractivity contribution is -0.119. The number of para-hydroxylation sites is 1. The van der Waals surface area contributed by atoms with E-state index in [4.69, 9.17) is 4.42 Å². The first-order valence-corrected chi connectivity index (χ1v) is 9.87. The number of hydrogen-bond acceptors (Lipinski definition) is 7. The van der Waals surface area contributed by atoms with Crippen molar-refractivity contribution in [2.24, 2.45) is 0 Å². The molecule has 4 rings (SSSR count). The number of carbonyl (C=O) groups excluding carboxylic acids is 2. The third-order valence-electron chi connectivity index (χ3n) is 3.96. The van der Waals surface area contributed by atoms with Gasteiger partial charge < -0.3 is 4.42 Å². The maximum atomic E-state index is 12.2. The highest BCUT2D eigenvalue weighted by Gasteiger charge is 2.17. The number of hydrazine groups is 1. The highest BCUT2D eigenvalue weighted by atomic mass is 32.2. The summed E-state index contributed by atoms with van der Waals surface area (Å²) in [6.07, 6.45) is 4.77. The lowest BCUT2D eigenvalue weighted by Crippen LogP contribution is -2.42. The zero-order chi connectivity index (χ0) is 20.8. The van der Waals surface area contributed by atoms with Gasteiger partial charge in [-0.05, 0) is 36.4 Å². The van der Waals surface area contributed by atoms with Crippen molar-refractivity contribution in [2.75, 3.05) is 5.75 Å². The van der Waals surface area contributed by atoms with Crippen molar-refractivity contribution in [1.29, 1.82) is 0 Å². The molecule has 0 aliphatic carbocycles. The van der Waals surface area contributed by atoms with Crippen molar-refractivity contribution >= 4 is 23.6 Å². The Morgan fingerprint density at radius 3 is 2.60 bits per heavy atom. The summed E-state index contributed by atoms with van der Waals surface area (Å²) in [5.41, 5.74) is 6.31. The van der Waals surface area contributed by atoms with Crippen LogP contribution in [0.15, 0.2) is 82.8 Å². The monoisotopic (exact) mass is 420 g/mol. The van der Waals surface area contributed by atoms with Crippen molar-refractivity contribution in [1.82, 2.24) is 30.6 Å². The molecule has 150 valence electrons. The summed E-state index contributed by atoms with van der Waals surface area (Å²) in [5, 5.41) is 9.06. The Kier molecular flexibility index (Phi) is 5.85. The molecule has 2 amide bonds. The number of rotatable bonds is 6. The molecule has 0 saturated heterocycles. The first-order chi connectivity index (χ1) is 14.7. The predicted molar refractivity (Wildman–Crippen MR) is 110 cm³/mol. The van der Waals surface area contributed by atoms with Gasteiger partial charge in [-0.25, -0.2) is 0 Å². The second kappa shape index (κ2) is 9.05. The molecule has 0 fully saturated rings. The maximum Gasteiger partial charge on any atom is 0.305 e. The number of hydrogen-bond donors (Lipinski definition) is 2. The van der Waals surface area contributed by atoms with E-state index < -0.39 is 11.8 Å². The fourth-order valence-corrected chi connectivity index (χ4v) is 3.37. The van der Waals surface area contributed by atoms with Crippen LogP contribution in [-0.4, -0.2) is 37.3 Å². The molecule has 0 radical (unpaired) electrons. The van der Waals surface area contributed by atoms with Gasteiger partial charge in [-0.1, -0.05) is 30.0 Å². The van der Waals surface area contributed by atoms with Gasteiger partial charge in [0.2, 0.25) is 5.91 Å². The van der Waals surface area contributed by atoms with Crippen molar-refractivity contribution in [2.45, 2.75) is 5.16 Å². The van der Waals surface area contributed by atoms with E-state index >= 15 is 0 Å². The number of amides is 2. The first-order valence-electron chi connectivity index (χ1n) is 8.89. The van der Waals surface area contributed by atoms with Crippen molar-refractivity contribution < 1.29 is 14.0 Å². The lowest BCUT2D eigenvalue weighted by Gasteiger charge is -2.10. The number of benzene rings is 1. The van der Waals surface area contributed by atoms with Gasteiger partial charge in [0.1, 0.15) is 0 Å². The number of pyridine rings is 1. The van der Waals surface area contributed by atoms with E-state index in [0.717, 1.165) is 11.3 Å². The molecule has 0 atom stereocenters. The largest absolute Gasteiger partial charge is 0.459 e. The van der Waals surface area contributed by atoms with Crippen LogP contribution in [0.5, 0.6) is 0 Å². The van der Waals surface area contributed by atoms with Crippen LogP contribution < -0.4 is 10.9 Å². The summed E-state index contributed by atoms with van der Waals surface area (Å²) in [6, 6.07) is 16.4. The first kappa shape index (κ1) is 19.4. The third kappa shape index (κ3) is 4.39. The SMILES string of the molecule is O=C(CSc1nnc(-c2cccnc2)n1-c1ccccc1)NNC(=O)c1ccco1. The average Bonchev–Trinajstić information content (AvgIpc) is 3.47. The second-order valence-corrected chi connectivity index (χ2v) is 6.93. The number of nitrogens with one attached hydrogen (secondary N) is 2. The molecule has 3 aromatic heterocycles. The van der Waals surface area contributed by atoms with E-state index in [2.05, 4.69) is 26.0 Å². The van der Waals surface area contributed by atoms with Crippen LogP contribution in [0.4, 0.5) is 0 Å². The number of furan rings is 1. The number of carbonyl (C=O) groups is 2. The van der Waals surface area contributed by atoms with E-state index in [1.165, 1.54) is 24.1 Å². The topological polar surface area (TPSA) is 115 Å². The van der Waals surface area contributed by atoms with Gasteiger partial charge >= 0.3 is 5.91 Å². The van der Waals surface area contributed by atoms with E-state index in [1.807, 2.05) is 47.0 Å². The van der Waals surface area contributed by atoms with Crippen molar-refractivity contribution in [3.63, 3.8) is 0 Å². The van der Waals surface area contributed by atoms with Gasteiger partial charge in [-0.3, -0.25) is 30.0 Å². The van der Waals surface area contributed by atoms with Gasteiger partial charge in [-0.2, -0.15) is 0 Å². The summed E-state index contributed by atoms with van der Waals surface area (Å²) in [5.74, 6) is -0.192. The molecule has 0 bridgehead atoms.